The van der Waals surface area contributed by atoms with Gasteiger partial charge in [-0.1, -0.05) is 48.5 Å². The van der Waals surface area contributed by atoms with Crippen molar-refractivity contribution in [1.29, 1.82) is 0 Å². The highest BCUT2D eigenvalue weighted by molar-refractivity contribution is 7.88. The molecule has 1 amide bonds. The summed E-state index contributed by atoms with van der Waals surface area (Å²) >= 11 is 0. The molecule has 4 rings (SSSR count). The Bertz CT molecular complexity index is 1010. The molecule has 1 aliphatic heterocycles. The number of hydrogen-bond donors (Lipinski definition) is 1. The highest BCUT2D eigenvalue weighted by atomic mass is 32.2. The number of rotatable bonds is 6. The largest absolute Gasteiger partial charge is 0.349 e. The van der Waals surface area contributed by atoms with Gasteiger partial charge in [-0.05, 0) is 67.7 Å². The second-order valence-corrected chi connectivity index (χ2v) is 10.8. The average Bonchev–Trinajstić information content (AvgIpc) is 2.79. The summed E-state index contributed by atoms with van der Waals surface area (Å²) in [5.74, 6) is -0.0892. The summed E-state index contributed by atoms with van der Waals surface area (Å²) in [5.41, 5.74) is 4.80. The minimum Gasteiger partial charge on any atom is -0.349 e. The maximum atomic E-state index is 12.8. The van der Waals surface area contributed by atoms with Crippen LogP contribution in [0.5, 0.6) is 0 Å². The van der Waals surface area contributed by atoms with Gasteiger partial charge in [-0.2, -0.15) is 0 Å². The molecule has 0 saturated carbocycles. The predicted molar refractivity (Wildman–Crippen MR) is 123 cm³/mol. The Hall–Kier alpha value is -2.18. The Morgan fingerprint density at radius 1 is 1.03 bits per heavy atom. The Morgan fingerprint density at radius 2 is 1.71 bits per heavy atom. The van der Waals surface area contributed by atoms with Crippen molar-refractivity contribution < 1.29 is 13.2 Å². The van der Waals surface area contributed by atoms with E-state index in [1.807, 2.05) is 37.3 Å². The minimum absolute atomic E-state index is 0.0140. The lowest BCUT2D eigenvalue weighted by molar-refractivity contribution is -0.126. The highest BCUT2D eigenvalue weighted by Gasteiger charge is 2.31. The molecule has 6 heteroatoms. The molecule has 1 heterocycles. The van der Waals surface area contributed by atoms with Gasteiger partial charge in [-0.15, -0.1) is 0 Å². The lowest BCUT2D eigenvalue weighted by Crippen LogP contribution is -2.43. The number of carbonyl (C=O) groups excluding carboxylic acids is 1. The van der Waals surface area contributed by atoms with E-state index < -0.39 is 10.0 Å². The summed E-state index contributed by atoms with van der Waals surface area (Å²) in [4.78, 5) is 12.8. The van der Waals surface area contributed by atoms with E-state index in [-0.39, 0.29) is 23.6 Å². The zero-order valence-corrected chi connectivity index (χ0v) is 19.0. The van der Waals surface area contributed by atoms with E-state index in [1.54, 1.807) is 0 Å². The number of nitrogens with zero attached hydrogens (tertiary/aromatic N) is 1. The van der Waals surface area contributed by atoms with Gasteiger partial charge >= 0.3 is 0 Å². The van der Waals surface area contributed by atoms with E-state index >= 15 is 0 Å². The number of piperidine rings is 1. The molecule has 1 atom stereocenters. The Labute approximate surface area is 185 Å². The number of fused-ring (bicyclic) bond motifs is 1. The minimum atomic E-state index is -3.36. The molecular weight excluding hydrogens is 408 g/mol. The van der Waals surface area contributed by atoms with Crippen molar-refractivity contribution in [3.05, 3.63) is 70.8 Å². The first-order valence-corrected chi connectivity index (χ1v) is 13.0. The van der Waals surface area contributed by atoms with Crippen molar-refractivity contribution in [2.24, 2.45) is 5.92 Å². The quantitative estimate of drug-likeness (QED) is 0.739. The molecule has 0 unspecified atom stereocenters. The lowest BCUT2D eigenvalue weighted by Gasteiger charge is -2.31. The lowest BCUT2D eigenvalue weighted by atomic mass is 9.89. The first-order chi connectivity index (χ1) is 14.9. The fourth-order valence-corrected chi connectivity index (χ4v) is 6.27. The van der Waals surface area contributed by atoms with E-state index in [1.165, 1.54) is 28.3 Å². The second kappa shape index (κ2) is 9.53. The SMILES string of the molecule is C[C@@H](NC(=O)C1CCN(S(=O)(=O)Cc2ccccc2)CC1)c1ccc2c(c1)CCCC2. The van der Waals surface area contributed by atoms with Gasteiger partial charge in [0.1, 0.15) is 0 Å². The second-order valence-electron chi connectivity index (χ2n) is 8.88. The molecule has 2 aliphatic rings. The molecule has 2 aromatic carbocycles. The molecule has 166 valence electrons. The van der Waals surface area contributed by atoms with Crippen LogP contribution in [0.15, 0.2) is 48.5 Å². The molecule has 1 fully saturated rings. The Balaban J connectivity index is 1.31. The highest BCUT2D eigenvalue weighted by Crippen LogP contribution is 2.26. The van der Waals surface area contributed by atoms with E-state index in [0.717, 1.165) is 24.0 Å². The zero-order chi connectivity index (χ0) is 21.8. The van der Waals surface area contributed by atoms with Crippen molar-refractivity contribution in [3.63, 3.8) is 0 Å². The first kappa shape index (κ1) is 22.0. The van der Waals surface area contributed by atoms with Crippen LogP contribution >= 0.6 is 0 Å². The summed E-state index contributed by atoms with van der Waals surface area (Å²) in [6.07, 6.45) is 5.91. The molecule has 1 N–H and O–H groups in total. The van der Waals surface area contributed by atoms with Crippen LogP contribution in [-0.2, 0) is 33.4 Å². The maximum Gasteiger partial charge on any atom is 0.223 e. The summed E-state index contributed by atoms with van der Waals surface area (Å²) < 4.78 is 27.0. The molecule has 5 nitrogen and oxygen atoms in total. The van der Waals surface area contributed by atoms with Crippen LogP contribution in [-0.4, -0.2) is 31.7 Å². The van der Waals surface area contributed by atoms with Crippen LogP contribution in [0.2, 0.25) is 0 Å². The number of aryl methyl sites for hydroxylation is 2. The topological polar surface area (TPSA) is 66.5 Å². The van der Waals surface area contributed by atoms with Gasteiger partial charge in [-0.25, -0.2) is 12.7 Å². The van der Waals surface area contributed by atoms with Gasteiger partial charge in [-0.3, -0.25) is 4.79 Å². The van der Waals surface area contributed by atoms with Gasteiger partial charge in [0.15, 0.2) is 0 Å². The van der Waals surface area contributed by atoms with Crippen LogP contribution in [0.25, 0.3) is 0 Å². The summed E-state index contributed by atoms with van der Waals surface area (Å²) in [6, 6.07) is 15.8. The summed E-state index contributed by atoms with van der Waals surface area (Å²) in [5, 5.41) is 3.16. The van der Waals surface area contributed by atoms with Crippen LogP contribution in [0, 0.1) is 5.92 Å². The van der Waals surface area contributed by atoms with E-state index in [4.69, 9.17) is 0 Å². The van der Waals surface area contributed by atoms with Crippen LogP contribution in [0.1, 0.15) is 60.9 Å². The molecule has 0 aromatic heterocycles. The van der Waals surface area contributed by atoms with Crippen molar-refractivity contribution in [2.45, 2.75) is 57.2 Å². The third-order valence-corrected chi connectivity index (χ3v) is 8.49. The third-order valence-electron chi connectivity index (χ3n) is 6.64. The zero-order valence-electron chi connectivity index (χ0n) is 18.2. The molecule has 0 spiro atoms. The molecule has 0 radical (unpaired) electrons. The number of amides is 1. The number of nitrogens with one attached hydrogen (secondary N) is 1. The van der Waals surface area contributed by atoms with Crippen LogP contribution < -0.4 is 5.32 Å². The molecule has 2 aromatic rings. The number of sulfonamides is 1. The van der Waals surface area contributed by atoms with E-state index in [2.05, 4.69) is 23.5 Å². The van der Waals surface area contributed by atoms with Crippen LogP contribution in [0.3, 0.4) is 0 Å². The average molecular weight is 441 g/mol. The maximum absolute atomic E-state index is 12.8. The normalized spacial score (nSPS) is 18.9. The summed E-state index contributed by atoms with van der Waals surface area (Å²) in [6.45, 7) is 2.84. The van der Waals surface area contributed by atoms with E-state index in [0.29, 0.717) is 25.9 Å². The third kappa shape index (κ3) is 5.36. The molecule has 1 aliphatic carbocycles. The fraction of sp³-hybridized carbons (Fsp3) is 0.480. The van der Waals surface area contributed by atoms with Crippen molar-refractivity contribution >= 4 is 15.9 Å². The van der Waals surface area contributed by atoms with Gasteiger partial charge < -0.3 is 5.32 Å². The first-order valence-electron chi connectivity index (χ1n) is 11.4. The van der Waals surface area contributed by atoms with Gasteiger partial charge in [0, 0.05) is 19.0 Å². The van der Waals surface area contributed by atoms with Gasteiger partial charge in [0.05, 0.1) is 11.8 Å². The van der Waals surface area contributed by atoms with Crippen molar-refractivity contribution in [3.8, 4) is 0 Å². The predicted octanol–water partition coefficient (Wildman–Crippen LogP) is 3.98. The number of carbonyl (C=O) groups is 1. The Kier molecular flexibility index (Phi) is 6.77. The Morgan fingerprint density at radius 3 is 2.42 bits per heavy atom. The van der Waals surface area contributed by atoms with Crippen LogP contribution in [0.4, 0.5) is 0 Å². The van der Waals surface area contributed by atoms with Crippen molar-refractivity contribution in [2.75, 3.05) is 13.1 Å². The smallest absolute Gasteiger partial charge is 0.223 e. The molecular formula is C25H32N2O3S. The molecule has 0 bridgehead atoms. The molecule has 31 heavy (non-hydrogen) atoms. The monoisotopic (exact) mass is 440 g/mol. The van der Waals surface area contributed by atoms with E-state index in [9.17, 15) is 13.2 Å². The van der Waals surface area contributed by atoms with Crippen molar-refractivity contribution in [1.82, 2.24) is 9.62 Å². The summed E-state index contributed by atoms with van der Waals surface area (Å²) in [7, 11) is -3.36. The van der Waals surface area contributed by atoms with Gasteiger partial charge in [0.25, 0.3) is 0 Å². The standard InChI is InChI=1S/C25H32N2O3S/c1-19(23-12-11-21-9-5-6-10-24(21)17-23)26-25(28)22-13-15-27(16-14-22)31(29,30)18-20-7-3-2-4-8-20/h2-4,7-8,11-12,17,19,22H,5-6,9-10,13-16,18H2,1H3,(H,26,28)/t19-/m1/s1. The van der Waals surface area contributed by atoms with Gasteiger partial charge in [0.2, 0.25) is 15.9 Å². The fourth-order valence-electron chi connectivity index (χ4n) is 4.71. The molecule has 1 saturated heterocycles. The number of benzene rings is 2. The number of hydrogen-bond acceptors (Lipinski definition) is 3.